The molecule has 0 radical (unpaired) electrons. The molecule has 5 heteroatoms. The van der Waals surface area contributed by atoms with Crippen molar-refractivity contribution in [2.24, 2.45) is 0 Å². The first-order chi connectivity index (χ1) is 9.72. The first kappa shape index (κ1) is 13.2. The number of aryl methyl sites for hydroxylation is 1. The van der Waals surface area contributed by atoms with Crippen LogP contribution in [0, 0.1) is 0 Å². The normalized spacial score (nSPS) is 14.2. The van der Waals surface area contributed by atoms with Crippen LogP contribution >= 0.6 is 11.6 Å². The van der Waals surface area contributed by atoms with Gasteiger partial charge >= 0.3 is 0 Å². The van der Waals surface area contributed by atoms with Gasteiger partial charge in [-0.2, -0.15) is 0 Å². The number of hydrogen-bond donors (Lipinski definition) is 0. The van der Waals surface area contributed by atoms with Gasteiger partial charge in [-0.3, -0.25) is 4.79 Å². The Kier molecular flexibility index (Phi) is 3.74. The number of hydrogen-bond acceptors (Lipinski definition) is 3. The van der Waals surface area contributed by atoms with Gasteiger partial charge in [-0.25, -0.2) is 4.98 Å². The molecule has 1 aromatic carbocycles. The number of rotatable bonds is 4. The molecule has 1 aromatic heterocycles. The molecule has 1 amide bonds. The number of likely N-dealkylation sites (tertiary alicyclic amines) is 1. The maximum atomic E-state index is 11.8. The van der Waals surface area contributed by atoms with Crippen molar-refractivity contribution in [3.8, 4) is 11.3 Å². The van der Waals surface area contributed by atoms with E-state index in [9.17, 15) is 4.79 Å². The zero-order valence-corrected chi connectivity index (χ0v) is 11.8. The van der Waals surface area contributed by atoms with Crippen molar-refractivity contribution in [1.82, 2.24) is 9.88 Å². The summed E-state index contributed by atoms with van der Waals surface area (Å²) < 4.78 is 5.67. The number of oxazole rings is 1. The maximum absolute atomic E-state index is 11.8. The Hall–Kier alpha value is -1.81. The number of benzene rings is 1. The summed E-state index contributed by atoms with van der Waals surface area (Å²) >= 11 is 5.85. The minimum atomic E-state index is 0.183. The van der Waals surface area contributed by atoms with Gasteiger partial charge in [-0.05, 0) is 30.7 Å². The molecule has 104 valence electrons. The first-order valence-corrected chi connectivity index (χ1v) is 7.08. The summed E-state index contributed by atoms with van der Waals surface area (Å²) in [6.07, 6.45) is 3.81. The molecule has 2 aromatic rings. The molecule has 2 heterocycles. The number of nitrogens with zero attached hydrogens (tertiary/aromatic N) is 2. The van der Waals surface area contributed by atoms with E-state index in [2.05, 4.69) is 4.98 Å². The molecule has 4 nitrogen and oxygen atoms in total. The van der Waals surface area contributed by atoms with Crippen LogP contribution in [0.3, 0.4) is 0 Å². The number of aromatic nitrogens is 1. The lowest BCUT2D eigenvalue weighted by Crippen LogP contribution is -2.42. The third kappa shape index (κ3) is 2.85. The van der Waals surface area contributed by atoms with Gasteiger partial charge in [0.15, 0.2) is 11.7 Å². The molecule has 0 atom stereocenters. The van der Waals surface area contributed by atoms with E-state index in [1.165, 1.54) is 0 Å². The third-order valence-corrected chi connectivity index (χ3v) is 3.70. The van der Waals surface area contributed by atoms with E-state index in [-0.39, 0.29) is 5.91 Å². The molecule has 0 saturated carbocycles. The highest BCUT2D eigenvalue weighted by atomic mass is 35.5. The highest BCUT2D eigenvalue weighted by Gasteiger charge is 2.20. The van der Waals surface area contributed by atoms with Gasteiger partial charge in [-0.15, -0.1) is 0 Å². The molecule has 0 spiro atoms. The molecule has 20 heavy (non-hydrogen) atoms. The lowest BCUT2D eigenvalue weighted by Gasteiger charge is -2.30. The predicted octanol–water partition coefficient (Wildman–Crippen LogP) is 3.16. The van der Waals surface area contributed by atoms with Crippen LogP contribution in [0.5, 0.6) is 0 Å². The van der Waals surface area contributed by atoms with E-state index in [1.54, 1.807) is 6.20 Å². The van der Waals surface area contributed by atoms with Crippen molar-refractivity contribution in [3.63, 3.8) is 0 Å². The zero-order chi connectivity index (χ0) is 13.9. The topological polar surface area (TPSA) is 46.3 Å². The zero-order valence-electron chi connectivity index (χ0n) is 11.0. The van der Waals surface area contributed by atoms with Crippen molar-refractivity contribution in [3.05, 3.63) is 41.4 Å². The summed E-state index contributed by atoms with van der Waals surface area (Å²) in [6, 6.07) is 7.40. The highest BCUT2D eigenvalue weighted by Crippen LogP contribution is 2.23. The standard InChI is InChI=1S/C15H15ClN2O2/c16-12-4-2-11(3-5-12)13-10-17-14(20-13)6-7-15(19)18-8-1-9-18/h2-5,10H,1,6-9H2. The van der Waals surface area contributed by atoms with Gasteiger partial charge in [-0.1, -0.05) is 11.6 Å². The predicted molar refractivity (Wildman–Crippen MR) is 76.5 cm³/mol. The monoisotopic (exact) mass is 290 g/mol. The van der Waals surface area contributed by atoms with Crippen LogP contribution < -0.4 is 0 Å². The Bertz CT molecular complexity index is 603. The van der Waals surface area contributed by atoms with E-state index in [4.69, 9.17) is 16.0 Å². The summed E-state index contributed by atoms with van der Waals surface area (Å²) in [6.45, 7) is 1.78. The van der Waals surface area contributed by atoms with Gasteiger partial charge in [0, 0.05) is 36.5 Å². The van der Waals surface area contributed by atoms with Crippen molar-refractivity contribution < 1.29 is 9.21 Å². The van der Waals surface area contributed by atoms with E-state index in [0.29, 0.717) is 29.5 Å². The van der Waals surface area contributed by atoms with E-state index < -0.39 is 0 Å². The maximum Gasteiger partial charge on any atom is 0.223 e. The summed E-state index contributed by atoms with van der Waals surface area (Å²) in [5, 5.41) is 0.689. The molecular weight excluding hydrogens is 276 g/mol. The lowest BCUT2D eigenvalue weighted by molar-refractivity contribution is -0.134. The summed E-state index contributed by atoms with van der Waals surface area (Å²) in [7, 11) is 0. The molecule has 0 aliphatic carbocycles. The average Bonchev–Trinajstić information content (AvgIpc) is 2.84. The van der Waals surface area contributed by atoms with Crippen LogP contribution in [0.15, 0.2) is 34.9 Å². The second-order valence-electron chi connectivity index (χ2n) is 4.86. The van der Waals surface area contributed by atoms with Gasteiger partial charge in [0.1, 0.15) is 0 Å². The minimum absolute atomic E-state index is 0.183. The Balaban J connectivity index is 1.61. The smallest absolute Gasteiger partial charge is 0.223 e. The number of carbonyl (C=O) groups excluding carboxylic acids is 1. The fourth-order valence-electron chi connectivity index (χ4n) is 2.11. The second kappa shape index (κ2) is 5.67. The van der Waals surface area contributed by atoms with Gasteiger partial charge in [0.2, 0.25) is 5.91 Å². The van der Waals surface area contributed by atoms with Gasteiger partial charge in [0.05, 0.1) is 6.20 Å². The van der Waals surface area contributed by atoms with Crippen molar-refractivity contribution in [1.29, 1.82) is 0 Å². The molecular formula is C15H15ClN2O2. The molecule has 1 fully saturated rings. The van der Waals surface area contributed by atoms with E-state index in [1.807, 2.05) is 29.2 Å². The molecule has 1 aliphatic heterocycles. The quantitative estimate of drug-likeness (QED) is 0.869. The van der Waals surface area contributed by atoms with Crippen LogP contribution in [0.2, 0.25) is 5.02 Å². The van der Waals surface area contributed by atoms with Gasteiger partial charge in [0.25, 0.3) is 0 Å². The van der Waals surface area contributed by atoms with Crippen LogP contribution in [-0.4, -0.2) is 28.9 Å². The Morgan fingerprint density at radius 1 is 1.30 bits per heavy atom. The molecule has 1 aliphatic rings. The SMILES string of the molecule is O=C(CCc1ncc(-c2ccc(Cl)cc2)o1)N1CCC1. The van der Waals surface area contributed by atoms with Gasteiger partial charge < -0.3 is 9.32 Å². The van der Waals surface area contributed by atoms with Crippen LogP contribution in [-0.2, 0) is 11.2 Å². The highest BCUT2D eigenvalue weighted by molar-refractivity contribution is 6.30. The van der Waals surface area contributed by atoms with Crippen molar-refractivity contribution in [2.75, 3.05) is 13.1 Å². The lowest BCUT2D eigenvalue weighted by atomic mass is 10.2. The number of carbonyl (C=O) groups is 1. The van der Waals surface area contributed by atoms with Crippen molar-refractivity contribution in [2.45, 2.75) is 19.3 Å². The van der Waals surface area contributed by atoms with Crippen molar-refractivity contribution >= 4 is 17.5 Å². The molecule has 1 saturated heterocycles. The third-order valence-electron chi connectivity index (χ3n) is 3.44. The van der Waals surface area contributed by atoms with E-state index >= 15 is 0 Å². The summed E-state index contributed by atoms with van der Waals surface area (Å²) in [5.41, 5.74) is 0.933. The van der Waals surface area contributed by atoms with Crippen LogP contribution in [0.1, 0.15) is 18.7 Å². The fraction of sp³-hybridized carbons (Fsp3) is 0.333. The summed E-state index contributed by atoms with van der Waals surface area (Å²) in [4.78, 5) is 17.8. The second-order valence-corrected chi connectivity index (χ2v) is 5.30. The number of amides is 1. The Labute approximate surface area is 122 Å². The Morgan fingerprint density at radius 2 is 2.05 bits per heavy atom. The van der Waals surface area contributed by atoms with Crippen LogP contribution in [0.25, 0.3) is 11.3 Å². The average molecular weight is 291 g/mol. The fourth-order valence-corrected chi connectivity index (χ4v) is 2.24. The summed E-state index contributed by atoms with van der Waals surface area (Å²) in [5.74, 6) is 1.49. The van der Waals surface area contributed by atoms with Crippen LogP contribution in [0.4, 0.5) is 0 Å². The van der Waals surface area contributed by atoms with E-state index in [0.717, 1.165) is 25.1 Å². The number of halogens is 1. The largest absolute Gasteiger partial charge is 0.441 e. The molecule has 0 N–H and O–H groups in total. The Morgan fingerprint density at radius 3 is 2.70 bits per heavy atom. The minimum Gasteiger partial charge on any atom is -0.441 e. The molecule has 0 bridgehead atoms. The first-order valence-electron chi connectivity index (χ1n) is 6.71. The molecule has 0 unspecified atom stereocenters. The molecule has 3 rings (SSSR count).